The fraction of sp³-hybridized carbons (Fsp3) is 0.435. The second kappa shape index (κ2) is 10.8. The molecule has 0 aromatic heterocycles. The SMILES string of the molecule is CCN1CCCCC(NC(=O)c2cc([N+](=O)[O-])c(NCc3ccccc3)cc2OC)C1. The van der Waals surface area contributed by atoms with E-state index in [0.29, 0.717) is 18.0 Å². The van der Waals surface area contributed by atoms with Gasteiger partial charge in [0.2, 0.25) is 0 Å². The number of nitro benzene ring substituents is 1. The van der Waals surface area contributed by atoms with Crippen molar-refractivity contribution in [1.29, 1.82) is 0 Å². The van der Waals surface area contributed by atoms with Gasteiger partial charge >= 0.3 is 0 Å². The molecule has 1 aliphatic heterocycles. The number of likely N-dealkylation sites (tertiary alicyclic amines) is 1. The normalized spacial score (nSPS) is 16.9. The third-order valence-electron chi connectivity index (χ3n) is 5.62. The Kier molecular flexibility index (Phi) is 7.83. The average molecular weight is 427 g/mol. The summed E-state index contributed by atoms with van der Waals surface area (Å²) in [6.07, 6.45) is 3.04. The minimum absolute atomic E-state index is 0.00888. The van der Waals surface area contributed by atoms with Crippen molar-refractivity contribution in [2.45, 2.75) is 38.8 Å². The maximum atomic E-state index is 13.0. The molecule has 8 nitrogen and oxygen atoms in total. The van der Waals surface area contributed by atoms with Gasteiger partial charge in [0, 0.05) is 31.3 Å². The Morgan fingerprint density at radius 2 is 2.03 bits per heavy atom. The fourth-order valence-corrected chi connectivity index (χ4v) is 3.89. The van der Waals surface area contributed by atoms with Gasteiger partial charge in [-0.3, -0.25) is 14.9 Å². The zero-order chi connectivity index (χ0) is 22.2. The smallest absolute Gasteiger partial charge is 0.293 e. The van der Waals surface area contributed by atoms with E-state index in [2.05, 4.69) is 22.5 Å². The van der Waals surface area contributed by atoms with Gasteiger partial charge in [0.25, 0.3) is 11.6 Å². The minimum Gasteiger partial charge on any atom is -0.496 e. The van der Waals surface area contributed by atoms with Crippen LogP contribution in [0, 0.1) is 10.1 Å². The molecule has 2 aromatic rings. The topological polar surface area (TPSA) is 96.7 Å². The lowest BCUT2D eigenvalue weighted by molar-refractivity contribution is -0.384. The van der Waals surface area contributed by atoms with Crippen LogP contribution in [0.4, 0.5) is 11.4 Å². The van der Waals surface area contributed by atoms with Crippen LogP contribution in [0.2, 0.25) is 0 Å². The molecule has 1 amide bonds. The Morgan fingerprint density at radius 1 is 1.26 bits per heavy atom. The molecule has 1 unspecified atom stereocenters. The summed E-state index contributed by atoms with van der Waals surface area (Å²) in [6, 6.07) is 12.4. The summed E-state index contributed by atoms with van der Waals surface area (Å²) in [5.74, 6) is -0.0443. The molecule has 0 aliphatic carbocycles. The summed E-state index contributed by atoms with van der Waals surface area (Å²) in [7, 11) is 1.46. The van der Waals surface area contributed by atoms with Gasteiger partial charge in [-0.25, -0.2) is 0 Å². The van der Waals surface area contributed by atoms with Crippen LogP contribution in [0.3, 0.4) is 0 Å². The second-order valence-electron chi connectivity index (χ2n) is 7.73. The van der Waals surface area contributed by atoms with Crippen molar-refractivity contribution in [3.05, 3.63) is 63.7 Å². The van der Waals surface area contributed by atoms with E-state index in [1.807, 2.05) is 30.3 Å². The van der Waals surface area contributed by atoms with Crippen molar-refractivity contribution in [3.63, 3.8) is 0 Å². The standard InChI is InChI=1S/C23H30N4O4/c1-3-26-12-8-7-11-18(16-26)25-23(28)19-13-21(27(29)30)20(14-22(19)31-2)24-15-17-9-5-4-6-10-17/h4-6,9-10,13-14,18,24H,3,7-8,11-12,15-16H2,1-2H3,(H,25,28). The molecule has 3 rings (SSSR count). The average Bonchev–Trinajstić information content (AvgIpc) is 3.02. The highest BCUT2D eigenvalue weighted by molar-refractivity contribution is 5.99. The van der Waals surface area contributed by atoms with E-state index in [4.69, 9.17) is 4.74 Å². The highest BCUT2D eigenvalue weighted by Gasteiger charge is 2.25. The largest absolute Gasteiger partial charge is 0.496 e. The van der Waals surface area contributed by atoms with Crippen LogP contribution in [0.1, 0.15) is 42.1 Å². The molecule has 8 heteroatoms. The Labute approximate surface area is 182 Å². The van der Waals surface area contributed by atoms with Crippen LogP contribution in [0.15, 0.2) is 42.5 Å². The number of nitrogens with one attached hydrogen (secondary N) is 2. The number of carbonyl (C=O) groups is 1. The second-order valence-corrected chi connectivity index (χ2v) is 7.73. The van der Waals surface area contributed by atoms with Gasteiger partial charge < -0.3 is 20.3 Å². The molecule has 2 aromatic carbocycles. The van der Waals surface area contributed by atoms with E-state index in [-0.39, 0.29) is 23.2 Å². The molecule has 0 radical (unpaired) electrons. The first kappa shape index (κ1) is 22.6. The van der Waals surface area contributed by atoms with Crippen LogP contribution in [-0.4, -0.2) is 48.5 Å². The van der Waals surface area contributed by atoms with Crippen molar-refractivity contribution < 1.29 is 14.5 Å². The highest BCUT2D eigenvalue weighted by atomic mass is 16.6. The van der Waals surface area contributed by atoms with Gasteiger partial charge in [0.15, 0.2) is 0 Å². The zero-order valence-corrected chi connectivity index (χ0v) is 18.1. The van der Waals surface area contributed by atoms with Crippen molar-refractivity contribution in [2.75, 3.05) is 32.1 Å². The molecule has 166 valence electrons. The Balaban J connectivity index is 1.81. The van der Waals surface area contributed by atoms with Crippen LogP contribution >= 0.6 is 0 Å². The zero-order valence-electron chi connectivity index (χ0n) is 18.1. The van der Waals surface area contributed by atoms with E-state index < -0.39 is 4.92 Å². The lowest BCUT2D eigenvalue weighted by atomic mass is 10.1. The number of nitro groups is 1. The number of anilines is 1. The lowest BCUT2D eigenvalue weighted by Crippen LogP contribution is -2.42. The Morgan fingerprint density at radius 3 is 2.71 bits per heavy atom. The molecular formula is C23H30N4O4. The predicted molar refractivity (Wildman–Crippen MR) is 121 cm³/mol. The van der Waals surface area contributed by atoms with Gasteiger partial charge in [-0.1, -0.05) is 43.7 Å². The van der Waals surface area contributed by atoms with E-state index in [1.165, 1.54) is 19.2 Å². The molecule has 0 saturated carbocycles. The minimum atomic E-state index is -0.478. The van der Waals surface area contributed by atoms with E-state index in [0.717, 1.165) is 44.5 Å². The van der Waals surface area contributed by atoms with E-state index >= 15 is 0 Å². The number of methoxy groups -OCH3 is 1. The number of carbonyl (C=O) groups excluding carboxylic acids is 1. The molecule has 1 fully saturated rings. The summed E-state index contributed by atoms with van der Waals surface area (Å²) in [4.78, 5) is 26.6. The first-order valence-electron chi connectivity index (χ1n) is 10.7. The molecule has 1 heterocycles. The molecular weight excluding hydrogens is 396 g/mol. The lowest BCUT2D eigenvalue weighted by Gasteiger charge is -2.24. The van der Waals surface area contributed by atoms with Crippen LogP contribution < -0.4 is 15.4 Å². The van der Waals surface area contributed by atoms with Crippen molar-refractivity contribution in [3.8, 4) is 5.75 Å². The number of benzene rings is 2. The fourth-order valence-electron chi connectivity index (χ4n) is 3.89. The van der Waals surface area contributed by atoms with Crippen molar-refractivity contribution >= 4 is 17.3 Å². The maximum absolute atomic E-state index is 13.0. The molecule has 0 spiro atoms. The summed E-state index contributed by atoms with van der Waals surface area (Å²) >= 11 is 0. The Hall–Kier alpha value is -3.13. The summed E-state index contributed by atoms with van der Waals surface area (Å²) < 4.78 is 5.42. The molecule has 1 atom stereocenters. The van der Waals surface area contributed by atoms with Crippen LogP contribution in [-0.2, 0) is 6.54 Å². The number of hydrogen-bond acceptors (Lipinski definition) is 6. The predicted octanol–water partition coefficient (Wildman–Crippen LogP) is 3.82. The molecule has 1 aliphatic rings. The van der Waals surface area contributed by atoms with Crippen LogP contribution in [0.25, 0.3) is 0 Å². The number of nitrogens with zero attached hydrogens (tertiary/aromatic N) is 2. The van der Waals surface area contributed by atoms with Gasteiger partial charge in [-0.15, -0.1) is 0 Å². The monoisotopic (exact) mass is 426 g/mol. The third-order valence-corrected chi connectivity index (χ3v) is 5.62. The summed E-state index contributed by atoms with van der Waals surface area (Å²) in [5.41, 5.74) is 1.32. The quantitative estimate of drug-likeness (QED) is 0.492. The number of hydrogen-bond donors (Lipinski definition) is 2. The van der Waals surface area contributed by atoms with Crippen molar-refractivity contribution in [2.24, 2.45) is 0 Å². The van der Waals surface area contributed by atoms with Gasteiger partial charge in [0.05, 0.1) is 17.6 Å². The van der Waals surface area contributed by atoms with Crippen LogP contribution in [0.5, 0.6) is 5.75 Å². The number of ether oxygens (including phenoxy) is 1. The molecule has 31 heavy (non-hydrogen) atoms. The van der Waals surface area contributed by atoms with Gasteiger partial charge in [-0.2, -0.15) is 0 Å². The maximum Gasteiger partial charge on any atom is 0.293 e. The molecule has 1 saturated heterocycles. The van der Waals surface area contributed by atoms with E-state index in [1.54, 1.807) is 0 Å². The number of likely N-dealkylation sites (N-methyl/N-ethyl adjacent to an activating group) is 1. The van der Waals surface area contributed by atoms with Gasteiger partial charge in [-0.05, 0) is 31.5 Å². The summed E-state index contributed by atoms with van der Waals surface area (Å²) in [5, 5.41) is 17.9. The Bertz CT molecular complexity index is 904. The number of rotatable bonds is 8. The number of amides is 1. The van der Waals surface area contributed by atoms with Gasteiger partial charge in [0.1, 0.15) is 11.4 Å². The van der Waals surface area contributed by atoms with Crippen molar-refractivity contribution in [1.82, 2.24) is 10.2 Å². The molecule has 0 bridgehead atoms. The summed E-state index contributed by atoms with van der Waals surface area (Å²) in [6.45, 7) is 5.27. The first-order valence-corrected chi connectivity index (χ1v) is 10.7. The van der Waals surface area contributed by atoms with E-state index in [9.17, 15) is 14.9 Å². The highest BCUT2D eigenvalue weighted by Crippen LogP contribution is 2.33. The first-order chi connectivity index (χ1) is 15.0. The molecule has 2 N–H and O–H groups in total. The third kappa shape index (κ3) is 5.95.